The van der Waals surface area contributed by atoms with Crippen LogP contribution in [-0.2, 0) is 22.6 Å². The van der Waals surface area contributed by atoms with Gasteiger partial charge in [0.2, 0.25) is 12.6 Å². The minimum atomic E-state index is -2.98. The third-order valence-electron chi connectivity index (χ3n) is 4.52. The fourth-order valence-electron chi connectivity index (χ4n) is 2.99. The minimum Gasteiger partial charge on any atom is -0.493 e. The standard InChI is InChI=1S/C21H18F2N2O7/c1-27-16-9-13(4-6-15(16)31-21(22)23)20-24-18(32-25-20)10-28-19(26)7-3-12-2-5-14-17(8-12)30-11-29-14/h2,4-6,8-9,21H,3,7,10-11H2,1H3. The second-order valence-corrected chi connectivity index (χ2v) is 6.60. The molecule has 0 aliphatic carbocycles. The molecule has 1 aliphatic rings. The Labute approximate surface area is 180 Å². The second kappa shape index (κ2) is 9.50. The van der Waals surface area contributed by atoms with Crippen LogP contribution >= 0.6 is 0 Å². The maximum Gasteiger partial charge on any atom is 0.387 e. The Morgan fingerprint density at radius 1 is 1.12 bits per heavy atom. The van der Waals surface area contributed by atoms with E-state index in [9.17, 15) is 13.6 Å². The smallest absolute Gasteiger partial charge is 0.387 e. The summed E-state index contributed by atoms with van der Waals surface area (Å²) in [6.45, 7) is -2.99. The van der Waals surface area contributed by atoms with Crippen LogP contribution < -0.4 is 18.9 Å². The zero-order valence-electron chi connectivity index (χ0n) is 16.9. The van der Waals surface area contributed by atoms with Crippen molar-refractivity contribution in [2.75, 3.05) is 13.9 Å². The molecule has 0 bridgehead atoms. The Balaban J connectivity index is 1.31. The second-order valence-electron chi connectivity index (χ2n) is 6.60. The molecule has 0 atom stereocenters. The SMILES string of the molecule is COc1cc(-c2noc(COC(=O)CCc3ccc4c(c3)OCO4)n2)ccc1OC(F)F. The molecule has 0 saturated carbocycles. The molecule has 0 N–H and O–H groups in total. The number of methoxy groups -OCH3 is 1. The summed E-state index contributed by atoms with van der Waals surface area (Å²) >= 11 is 0. The number of ether oxygens (including phenoxy) is 5. The molecule has 11 heteroatoms. The van der Waals surface area contributed by atoms with Gasteiger partial charge in [-0.3, -0.25) is 4.79 Å². The minimum absolute atomic E-state index is 0.0864. The van der Waals surface area contributed by atoms with E-state index < -0.39 is 12.6 Å². The number of fused-ring (bicyclic) bond motifs is 1. The zero-order chi connectivity index (χ0) is 22.5. The molecule has 1 aromatic heterocycles. The van der Waals surface area contributed by atoms with Crippen molar-refractivity contribution in [3.63, 3.8) is 0 Å². The van der Waals surface area contributed by atoms with Gasteiger partial charge in [-0.05, 0) is 42.3 Å². The van der Waals surface area contributed by atoms with Crippen molar-refractivity contribution in [1.29, 1.82) is 0 Å². The fourth-order valence-corrected chi connectivity index (χ4v) is 2.99. The summed E-state index contributed by atoms with van der Waals surface area (Å²) in [4.78, 5) is 16.2. The van der Waals surface area contributed by atoms with Crippen molar-refractivity contribution in [3.05, 3.63) is 47.9 Å². The van der Waals surface area contributed by atoms with Gasteiger partial charge in [-0.2, -0.15) is 13.8 Å². The highest BCUT2D eigenvalue weighted by Gasteiger charge is 2.17. The molecule has 0 unspecified atom stereocenters. The van der Waals surface area contributed by atoms with Crippen molar-refractivity contribution in [2.24, 2.45) is 0 Å². The highest BCUT2D eigenvalue weighted by Crippen LogP contribution is 2.33. The van der Waals surface area contributed by atoms with Gasteiger partial charge in [-0.15, -0.1) is 0 Å². The number of nitrogens with zero attached hydrogens (tertiary/aromatic N) is 2. The molecule has 0 amide bonds. The van der Waals surface area contributed by atoms with Gasteiger partial charge >= 0.3 is 12.6 Å². The number of carbonyl (C=O) groups is 1. The van der Waals surface area contributed by atoms with Gasteiger partial charge in [-0.1, -0.05) is 11.2 Å². The molecule has 0 radical (unpaired) electrons. The topological polar surface area (TPSA) is 102 Å². The third-order valence-corrected chi connectivity index (χ3v) is 4.52. The number of hydrogen-bond donors (Lipinski definition) is 0. The van der Waals surface area contributed by atoms with Crippen LogP contribution in [-0.4, -0.2) is 36.6 Å². The molecule has 2 heterocycles. The molecule has 9 nitrogen and oxygen atoms in total. The first-order chi connectivity index (χ1) is 15.5. The number of alkyl halides is 2. The molecule has 1 aliphatic heterocycles. The van der Waals surface area contributed by atoms with E-state index in [1.54, 1.807) is 6.07 Å². The highest BCUT2D eigenvalue weighted by molar-refractivity contribution is 5.69. The Kier molecular flexibility index (Phi) is 6.34. The number of benzene rings is 2. The lowest BCUT2D eigenvalue weighted by atomic mass is 10.1. The van der Waals surface area contributed by atoms with Crippen LogP contribution in [0.5, 0.6) is 23.0 Å². The Morgan fingerprint density at radius 2 is 1.97 bits per heavy atom. The lowest BCUT2D eigenvalue weighted by Gasteiger charge is -2.10. The summed E-state index contributed by atoms with van der Waals surface area (Å²) in [6.07, 6.45) is 0.626. The first kappa shape index (κ1) is 21.3. The van der Waals surface area contributed by atoms with Crippen molar-refractivity contribution < 1.29 is 41.8 Å². The summed E-state index contributed by atoms with van der Waals surface area (Å²) in [6, 6.07) is 9.70. The monoisotopic (exact) mass is 448 g/mol. The maximum atomic E-state index is 12.4. The van der Waals surface area contributed by atoms with E-state index in [0.717, 1.165) is 5.56 Å². The first-order valence-corrected chi connectivity index (χ1v) is 9.52. The predicted octanol–water partition coefficient (Wildman–Crippen LogP) is 3.75. The number of rotatable bonds is 9. The Bertz CT molecular complexity index is 1100. The van der Waals surface area contributed by atoms with Gasteiger partial charge in [0.05, 0.1) is 7.11 Å². The average molecular weight is 448 g/mol. The molecule has 0 fully saturated rings. The van der Waals surface area contributed by atoms with Gasteiger partial charge in [0.1, 0.15) is 0 Å². The molecule has 4 rings (SSSR count). The molecular formula is C21H18F2N2O7. The number of esters is 1. The molecular weight excluding hydrogens is 430 g/mol. The predicted molar refractivity (Wildman–Crippen MR) is 104 cm³/mol. The van der Waals surface area contributed by atoms with Gasteiger partial charge in [0.25, 0.3) is 5.89 Å². The summed E-state index contributed by atoms with van der Waals surface area (Å²) in [5, 5.41) is 3.81. The summed E-state index contributed by atoms with van der Waals surface area (Å²) in [7, 11) is 1.32. The van der Waals surface area contributed by atoms with Crippen molar-refractivity contribution in [3.8, 4) is 34.4 Å². The Hall–Kier alpha value is -3.89. The van der Waals surface area contributed by atoms with Crippen molar-refractivity contribution in [2.45, 2.75) is 26.1 Å². The summed E-state index contributed by atoms with van der Waals surface area (Å²) in [5.41, 5.74) is 1.37. The molecule has 0 spiro atoms. The van der Waals surface area contributed by atoms with Gasteiger partial charge < -0.3 is 28.2 Å². The van der Waals surface area contributed by atoms with E-state index >= 15 is 0 Å². The van der Waals surface area contributed by atoms with E-state index in [-0.39, 0.29) is 43.0 Å². The van der Waals surface area contributed by atoms with Crippen LogP contribution in [0.25, 0.3) is 11.4 Å². The van der Waals surface area contributed by atoms with E-state index in [4.69, 9.17) is 23.5 Å². The van der Waals surface area contributed by atoms with Crippen LogP contribution in [0.15, 0.2) is 40.9 Å². The van der Waals surface area contributed by atoms with E-state index in [1.807, 2.05) is 12.1 Å². The van der Waals surface area contributed by atoms with Crippen LogP contribution in [0, 0.1) is 0 Å². The van der Waals surface area contributed by atoms with Gasteiger partial charge in [-0.25, -0.2) is 0 Å². The van der Waals surface area contributed by atoms with Crippen LogP contribution in [0.1, 0.15) is 17.9 Å². The normalized spacial score (nSPS) is 12.1. The molecule has 2 aromatic carbocycles. The number of hydrogen-bond acceptors (Lipinski definition) is 9. The average Bonchev–Trinajstić information content (AvgIpc) is 3.45. The van der Waals surface area contributed by atoms with Gasteiger partial charge in [0.15, 0.2) is 29.6 Å². The van der Waals surface area contributed by atoms with Crippen molar-refractivity contribution in [1.82, 2.24) is 10.1 Å². The molecule has 0 saturated heterocycles. The molecule has 3 aromatic rings. The van der Waals surface area contributed by atoms with Gasteiger partial charge in [0, 0.05) is 12.0 Å². The number of halogens is 2. The quantitative estimate of drug-likeness (QED) is 0.453. The van der Waals surface area contributed by atoms with Crippen LogP contribution in [0.3, 0.4) is 0 Å². The number of carbonyl (C=O) groups excluding carboxylic acids is 1. The van der Waals surface area contributed by atoms with Crippen molar-refractivity contribution >= 4 is 5.97 Å². The van der Waals surface area contributed by atoms with Crippen LogP contribution in [0.2, 0.25) is 0 Å². The Morgan fingerprint density at radius 3 is 2.78 bits per heavy atom. The lowest BCUT2D eigenvalue weighted by molar-refractivity contribution is -0.145. The summed E-state index contributed by atoms with van der Waals surface area (Å²) in [5.74, 6) is 1.13. The summed E-state index contributed by atoms with van der Waals surface area (Å²) < 4.78 is 55.2. The number of aromatic nitrogens is 2. The lowest BCUT2D eigenvalue weighted by Crippen LogP contribution is -2.06. The zero-order valence-corrected chi connectivity index (χ0v) is 16.9. The largest absolute Gasteiger partial charge is 0.493 e. The maximum absolute atomic E-state index is 12.4. The first-order valence-electron chi connectivity index (χ1n) is 9.52. The highest BCUT2D eigenvalue weighted by atomic mass is 19.3. The molecule has 168 valence electrons. The van der Waals surface area contributed by atoms with E-state index in [0.29, 0.717) is 23.5 Å². The molecule has 32 heavy (non-hydrogen) atoms. The number of aryl methyl sites for hydroxylation is 1. The third kappa shape index (κ3) is 5.05. The van der Waals surface area contributed by atoms with Crippen LogP contribution in [0.4, 0.5) is 8.78 Å². The van der Waals surface area contributed by atoms with E-state index in [2.05, 4.69) is 14.9 Å². The fraction of sp³-hybridized carbons (Fsp3) is 0.286. The van der Waals surface area contributed by atoms with E-state index in [1.165, 1.54) is 25.3 Å².